The molecule has 1 heterocycles. The van der Waals surface area contributed by atoms with E-state index in [1.54, 1.807) is 0 Å². The van der Waals surface area contributed by atoms with Gasteiger partial charge in [-0.15, -0.1) is 0 Å². The van der Waals surface area contributed by atoms with Crippen LogP contribution in [0.5, 0.6) is 0 Å². The van der Waals surface area contributed by atoms with E-state index in [-0.39, 0.29) is 12.0 Å². The van der Waals surface area contributed by atoms with Crippen molar-refractivity contribution in [2.24, 2.45) is 10.9 Å². The summed E-state index contributed by atoms with van der Waals surface area (Å²) >= 11 is 0. The Kier molecular flexibility index (Phi) is 6.06. The van der Waals surface area contributed by atoms with E-state index in [9.17, 15) is 9.18 Å². The van der Waals surface area contributed by atoms with Crippen molar-refractivity contribution in [2.75, 3.05) is 20.3 Å². The lowest BCUT2D eigenvalue weighted by Crippen LogP contribution is -2.31. The van der Waals surface area contributed by atoms with Crippen molar-refractivity contribution in [1.29, 1.82) is 0 Å². The molecular formula is C16H22FN3O3. The molecule has 0 spiro atoms. The fourth-order valence-electron chi connectivity index (χ4n) is 2.47. The van der Waals surface area contributed by atoms with Crippen molar-refractivity contribution < 1.29 is 18.8 Å². The SMILES string of the molecule is CO[C@H](c1ccc(C2=NO[C@H](CNC(C)=O)C2)cc1)[C@H](N)CF. The Labute approximate surface area is 134 Å². The number of oxime groups is 1. The van der Waals surface area contributed by atoms with Crippen molar-refractivity contribution in [3.8, 4) is 0 Å². The molecule has 2 rings (SSSR count). The van der Waals surface area contributed by atoms with Crippen molar-refractivity contribution in [1.82, 2.24) is 5.32 Å². The Hall–Kier alpha value is -1.99. The topological polar surface area (TPSA) is 85.9 Å². The Morgan fingerprint density at radius 2 is 2.22 bits per heavy atom. The number of carbonyl (C=O) groups excluding carboxylic acids is 1. The van der Waals surface area contributed by atoms with Crippen LogP contribution in [0.2, 0.25) is 0 Å². The maximum Gasteiger partial charge on any atom is 0.217 e. The smallest absolute Gasteiger partial charge is 0.217 e. The molecule has 1 aromatic rings. The minimum Gasteiger partial charge on any atom is -0.390 e. The summed E-state index contributed by atoms with van der Waals surface area (Å²) < 4.78 is 18.0. The fourth-order valence-corrected chi connectivity index (χ4v) is 2.47. The largest absolute Gasteiger partial charge is 0.390 e. The molecule has 0 fully saturated rings. The number of hydrogen-bond acceptors (Lipinski definition) is 5. The van der Waals surface area contributed by atoms with Crippen molar-refractivity contribution in [3.63, 3.8) is 0 Å². The number of methoxy groups -OCH3 is 1. The molecule has 1 aromatic carbocycles. The van der Waals surface area contributed by atoms with Gasteiger partial charge in [-0.05, 0) is 11.1 Å². The summed E-state index contributed by atoms with van der Waals surface area (Å²) in [6.07, 6.45) is -0.0132. The standard InChI is InChI=1S/C16H22FN3O3/c1-10(21)19-9-13-7-15(20-23-13)11-3-5-12(6-4-11)16(22-2)14(18)8-17/h3-6,13-14,16H,7-9,18H2,1-2H3,(H,19,21)/t13-,14+,16+/m0/s1. The molecule has 7 heteroatoms. The van der Waals surface area contributed by atoms with Crippen LogP contribution >= 0.6 is 0 Å². The van der Waals surface area contributed by atoms with Crippen molar-refractivity contribution >= 4 is 11.6 Å². The van der Waals surface area contributed by atoms with Gasteiger partial charge < -0.3 is 20.6 Å². The van der Waals surface area contributed by atoms with Gasteiger partial charge >= 0.3 is 0 Å². The number of benzene rings is 1. The van der Waals surface area contributed by atoms with Crippen LogP contribution in [0.15, 0.2) is 29.4 Å². The van der Waals surface area contributed by atoms with Crippen LogP contribution in [0, 0.1) is 0 Å². The first-order chi connectivity index (χ1) is 11.0. The van der Waals surface area contributed by atoms with Gasteiger partial charge in [0.15, 0.2) is 0 Å². The Morgan fingerprint density at radius 3 is 2.78 bits per heavy atom. The highest BCUT2D eigenvalue weighted by atomic mass is 19.1. The van der Waals surface area contributed by atoms with Crippen LogP contribution in [0.4, 0.5) is 4.39 Å². The van der Waals surface area contributed by atoms with Crippen LogP contribution < -0.4 is 11.1 Å². The average Bonchev–Trinajstić information content (AvgIpc) is 3.03. The highest BCUT2D eigenvalue weighted by molar-refractivity contribution is 6.01. The van der Waals surface area contributed by atoms with Gasteiger partial charge in [0.05, 0.1) is 24.4 Å². The lowest BCUT2D eigenvalue weighted by Gasteiger charge is -2.20. The minimum atomic E-state index is -0.694. The van der Waals surface area contributed by atoms with Crippen LogP contribution in [-0.4, -0.2) is 44.1 Å². The molecule has 0 aliphatic carbocycles. The van der Waals surface area contributed by atoms with Gasteiger partial charge in [-0.3, -0.25) is 4.79 Å². The first kappa shape index (κ1) is 17.4. The zero-order valence-corrected chi connectivity index (χ0v) is 13.3. The second-order valence-electron chi connectivity index (χ2n) is 5.50. The number of nitrogens with zero attached hydrogens (tertiary/aromatic N) is 1. The number of ether oxygens (including phenoxy) is 1. The number of hydrogen-bond donors (Lipinski definition) is 2. The van der Waals surface area contributed by atoms with E-state index in [0.29, 0.717) is 13.0 Å². The first-order valence-electron chi connectivity index (χ1n) is 7.47. The van der Waals surface area contributed by atoms with Gasteiger partial charge in [0, 0.05) is 20.5 Å². The Bertz CT molecular complexity index is 562. The lowest BCUT2D eigenvalue weighted by atomic mass is 9.99. The molecule has 0 saturated carbocycles. The molecular weight excluding hydrogens is 301 g/mol. The molecule has 1 amide bonds. The van der Waals surface area contributed by atoms with E-state index >= 15 is 0 Å². The summed E-state index contributed by atoms with van der Waals surface area (Å²) in [4.78, 5) is 16.2. The first-order valence-corrected chi connectivity index (χ1v) is 7.47. The molecule has 0 bridgehead atoms. The van der Waals surface area contributed by atoms with Crippen LogP contribution in [0.25, 0.3) is 0 Å². The van der Waals surface area contributed by atoms with Crippen LogP contribution in [-0.2, 0) is 14.4 Å². The second-order valence-corrected chi connectivity index (χ2v) is 5.50. The molecule has 6 nitrogen and oxygen atoms in total. The number of amides is 1. The molecule has 0 unspecified atom stereocenters. The molecule has 1 aliphatic heterocycles. The maximum absolute atomic E-state index is 12.7. The summed E-state index contributed by atoms with van der Waals surface area (Å²) in [5.41, 5.74) is 8.27. The highest BCUT2D eigenvalue weighted by Crippen LogP contribution is 2.22. The quantitative estimate of drug-likeness (QED) is 0.792. The number of nitrogens with two attached hydrogens (primary N) is 1. The summed E-state index contributed by atoms with van der Waals surface area (Å²) in [6.45, 7) is 1.24. The van der Waals surface area contributed by atoms with E-state index < -0.39 is 18.8 Å². The zero-order chi connectivity index (χ0) is 16.8. The van der Waals surface area contributed by atoms with Gasteiger partial charge in [-0.1, -0.05) is 29.4 Å². The molecule has 0 radical (unpaired) electrons. The second kappa shape index (κ2) is 8.03. The minimum absolute atomic E-state index is 0.0961. The molecule has 126 valence electrons. The fraction of sp³-hybridized carbons (Fsp3) is 0.500. The third kappa shape index (κ3) is 4.49. The summed E-state index contributed by atoms with van der Waals surface area (Å²) in [7, 11) is 1.51. The molecule has 0 aromatic heterocycles. The third-order valence-electron chi connectivity index (χ3n) is 3.71. The number of carbonyl (C=O) groups is 1. The molecule has 3 atom stereocenters. The Morgan fingerprint density at radius 1 is 1.52 bits per heavy atom. The predicted octanol–water partition coefficient (Wildman–Crippen LogP) is 1.30. The average molecular weight is 323 g/mol. The summed E-state index contributed by atoms with van der Waals surface area (Å²) in [5, 5.41) is 6.77. The van der Waals surface area contributed by atoms with E-state index in [4.69, 9.17) is 15.3 Å². The number of nitrogens with one attached hydrogen (secondary N) is 1. The van der Waals surface area contributed by atoms with Crippen molar-refractivity contribution in [2.45, 2.75) is 31.6 Å². The van der Waals surface area contributed by atoms with Crippen LogP contribution in [0.3, 0.4) is 0 Å². The Balaban J connectivity index is 1.99. The van der Waals surface area contributed by atoms with Gasteiger partial charge in [0.2, 0.25) is 5.91 Å². The highest BCUT2D eigenvalue weighted by Gasteiger charge is 2.23. The third-order valence-corrected chi connectivity index (χ3v) is 3.71. The molecule has 23 heavy (non-hydrogen) atoms. The summed E-state index contributed by atoms with van der Waals surface area (Å²) in [6, 6.07) is 6.77. The van der Waals surface area contributed by atoms with E-state index in [2.05, 4.69) is 10.5 Å². The van der Waals surface area contributed by atoms with Gasteiger partial charge in [-0.25, -0.2) is 4.39 Å². The maximum atomic E-state index is 12.7. The number of halogens is 1. The van der Waals surface area contributed by atoms with E-state index in [1.165, 1.54) is 14.0 Å². The normalized spacial score (nSPS) is 19.7. The molecule has 3 N–H and O–H groups in total. The lowest BCUT2D eigenvalue weighted by molar-refractivity contribution is -0.119. The predicted molar refractivity (Wildman–Crippen MR) is 84.9 cm³/mol. The molecule has 1 aliphatic rings. The van der Waals surface area contributed by atoms with E-state index in [0.717, 1.165) is 16.8 Å². The van der Waals surface area contributed by atoms with Crippen molar-refractivity contribution in [3.05, 3.63) is 35.4 Å². The van der Waals surface area contributed by atoms with Gasteiger partial charge in [-0.2, -0.15) is 0 Å². The van der Waals surface area contributed by atoms with Crippen LogP contribution in [0.1, 0.15) is 30.6 Å². The number of alkyl halides is 1. The molecule has 0 saturated heterocycles. The zero-order valence-electron chi connectivity index (χ0n) is 13.3. The van der Waals surface area contributed by atoms with Gasteiger partial charge in [0.1, 0.15) is 12.8 Å². The summed E-state index contributed by atoms with van der Waals surface area (Å²) in [5.74, 6) is -0.0961. The number of rotatable bonds is 7. The monoisotopic (exact) mass is 323 g/mol. The van der Waals surface area contributed by atoms with E-state index in [1.807, 2.05) is 24.3 Å². The van der Waals surface area contributed by atoms with Gasteiger partial charge in [0.25, 0.3) is 0 Å².